The average Bonchev–Trinajstić information content (AvgIpc) is 2.65. The monoisotopic (exact) mass is 286 g/mol. The van der Waals surface area contributed by atoms with Gasteiger partial charge in [-0.2, -0.15) is 18.3 Å². The Labute approximate surface area is 111 Å². The molecule has 0 radical (unpaired) electrons. The zero-order valence-corrected chi connectivity index (χ0v) is 10.3. The summed E-state index contributed by atoms with van der Waals surface area (Å²) < 4.78 is 51.9. The number of hydrogen-bond donors (Lipinski definition) is 1. The molecule has 0 saturated carbocycles. The minimum Gasteiger partial charge on any atom is -0.368 e. The van der Waals surface area contributed by atoms with Gasteiger partial charge in [0.15, 0.2) is 0 Å². The molecule has 0 unspecified atom stereocenters. The van der Waals surface area contributed by atoms with Crippen molar-refractivity contribution in [2.45, 2.75) is 13.1 Å². The van der Waals surface area contributed by atoms with Crippen LogP contribution in [-0.2, 0) is 6.18 Å². The summed E-state index contributed by atoms with van der Waals surface area (Å²) in [5.41, 5.74) is 5.01. The average molecular weight is 286 g/mol. The lowest BCUT2D eigenvalue weighted by atomic mass is 10.1. The van der Waals surface area contributed by atoms with Crippen LogP contribution in [-0.4, -0.2) is 15.9 Å². The maximum atomic E-state index is 13.5. The molecule has 0 atom stereocenters. The van der Waals surface area contributed by atoms with Gasteiger partial charge in [0.2, 0.25) is 5.95 Å². The van der Waals surface area contributed by atoms with Gasteiger partial charge in [-0.25, -0.2) is 14.1 Å². The first kappa shape index (κ1) is 14.0. The predicted octanol–water partition coefficient (Wildman–Crippen LogP) is 2.81. The SMILES string of the molecule is Cc1cn(N=Cc2ccc(C(F)(F)F)cc2F)c(N)n1. The van der Waals surface area contributed by atoms with E-state index < -0.39 is 17.6 Å². The van der Waals surface area contributed by atoms with Gasteiger partial charge in [-0.1, -0.05) is 0 Å². The number of imidazole rings is 1. The molecule has 0 bridgehead atoms. The van der Waals surface area contributed by atoms with Gasteiger partial charge >= 0.3 is 6.18 Å². The maximum absolute atomic E-state index is 13.5. The first-order valence-electron chi connectivity index (χ1n) is 5.50. The van der Waals surface area contributed by atoms with Crippen molar-refractivity contribution in [3.63, 3.8) is 0 Å². The first-order chi connectivity index (χ1) is 9.27. The summed E-state index contributed by atoms with van der Waals surface area (Å²) in [4.78, 5) is 3.88. The second-order valence-corrected chi connectivity index (χ2v) is 4.06. The summed E-state index contributed by atoms with van der Waals surface area (Å²) in [7, 11) is 0. The van der Waals surface area contributed by atoms with Crippen molar-refractivity contribution >= 4 is 12.2 Å². The summed E-state index contributed by atoms with van der Waals surface area (Å²) in [5.74, 6) is -0.912. The van der Waals surface area contributed by atoms with E-state index in [9.17, 15) is 17.6 Å². The molecule has 2 rings (SSSR count). The number of nitrogens with zero attached hydrogens (tertiary/aromatic N) is 3. The molecule has 106 valence electrons. The van der Waals surface area contributed by atoms with Gasteiger partial charge in [-0.05, 0) is 25.1 Å². The first-order valence-corrected chi connectivity index (χ1v) is 5.50. The van der Waals surface area contributed by atoms with Crippen molar-refractivity contribution in [3.05, 3.63) is 47.0 Å². The Kier molecular flexibility index (Phi) is 3.47. The Morgan fingerprint density at radius 2 is 2.05 bits per heavy atom. The number of nitrogens with two attached hydrogens (primary N) is 1. The maximum Gasteiger partial charge on any atom is 0.416 e. The molecule has 2 aromatic rings. The highest BCUT2D eigenvalue weighted by Gasteiger charge is 2.31. The molecule has 1 aromatic heterocycles. The molecule has 0 fully saturated rings. The Morgan fingerprint density at radius 3 is 2.55 bits per heavy atom. The number of halogens is 4. The number of aromatic nitrogens is 2. The lowest BCUT2D eigenvalue weighted by molar-refractivity contribution is -0.137. The summed E-state index contributed by atoms with van der Waals surface area (Å²) in [6.07, 6.45) is -2.00. The standard InChI is InChI=1S/C12H10F4N4/c1-7-6-20(11(17)19-7)18-5-8-2-3-9(4-10(8)13)12(14,15)16/h2-6H,1H3,(H2,17,19). The predicted molar refractivity (Wildman–Crippen MR) is 65.8 cm³/mol. The summed E-state index contributed by atoms with van der Waals surface area (Å²) in [6.45, 7) is 1.70. The summed E-state index contributed by atoms with van der Waals surface area (Å²) in [6, 6.07) is 2.21. The number of benzene rings is 1. The van der Waals surface area contributed by atoms with Gasteiger partial charge in [0.1, 0.15) is 5.82 Å². The second kappa shape index (κ2) is 4.95. The smallest absolute Gasteiger partial charge is 0.368 e. The van der Waals surface area contributed by atoms with Gasteiger partial charge < -0.3 is 5.73 Å². The van der Waals surface area contributed by atoms with Crippen LogP contribution in [0.5, 0.6) is 0 Å². The number of nitrogen functional groups attached to an aromatic ring is 1. The van der Waals surface area contributed by atoms with Crippen LogP contribution in [0.25, 0.3) is 0 Å². The van der Waals surface area contributed by atoms with E-state index in [4.69, 9.17) is 5.73 Å². The van der Waals surface area contributed by atoms with Crippen LogP contribution in [0, 0.1) is 12.7 Å². The van der Waals surface area contributed by atoms with Crippen molar-refractivity contribution in [3.8, 4) is 0 Å². The van der Waals surface area contributed by atoms with Crippen molar-refractivity contribution in [2.75, 3.05) is 5.73 Å². The molecule has 0 saturated heterocycles. The normalized spacial score (nSPS) is 12.2. The molecule has 1 heterocycles. The molecular formula is C12H10F4N4. The Balaban J connectivity index is 2.29. The van der Waals surface area contributed by atoms with Crippen molar-refractivity contribution in [1.29, 1.82) is 0 Å². The second-order valence-electron chi connectivity index (χ2n) is 4.06. The quantitative estimate of drug-likeness (QED) is 0.681. The Bertz CT molecular complexity index is 658. The molecule has 1 aromatic carbocycles. The number of aryl methyl sites for hydroxylation is 1. The minimum atomic E-state index is -4.58. The molecule has 0 spiro atoms. The van der Waals surface area contributed by atoms with Gasteiger partial charge in [0.05, 0.1) is 23.7 Å². The van der Waals surface area contributed by atoms with Gasteiger partial charge in [-0.15, -0.1) is 0 Å². The third-order valence-electron chi connectivity index (χ3n) is 2.48. The fraction of sp³-hybridized carbons (Fsp3) is 0.167. The number of rotatable bonds is 2. The topological polar surface area (TPSA) is 56.2 Å². The summed E-state index contributed by atoms with van der Waals surface area (Å²) >= 11 is 0. The molecular weight excluding hydrogens is 276 g/mol. The van der Waals surface area contributed by atoms with E-state index in [0.29, 0.717) is 11.8 Å². The lowest BCUT2D eigenvalue weighted by Crippen LogP contribution is -2.06. The van der Waals surface area contributed by atoms with E-state index in [1.807, 2.05) is 0 Å². The third kappa shape index (κ3) is 2.95. The van der Waals surface area contributed by atoms with Crippen LogP contribution in [0.2, 0.25) is 0 Å². The van der Waals surface area contributed by atoms with Crippen LogP contribution in [0.15, 0.2) is 29.5 Å². The number of anilines is 1. The highest BCUT2D eigenvalue weighted by atomic mass is 19.4. The minimum absolute atomic E-state index is 0.0799. The van der Waals surface area contributed by atoms with E-state index in [-0.39, 0.29) is 11.5 Å². The molecule has 0 aliphatic rings. The molecule has 20 heavy (non-hydrogen) atoms. The van der Waals surface area contributed by atoms with E-state index >= 15 is 0 Å². The highest BCUT2D eigenvalue weighted by molar-refractivity contribution is 5.80. The number of hydrogen-bond acceptors (Lipinski definition) is 3. The Morgan fingerprint density at radius 1 is 1.35 bits per heavy atom. The van der Waals surface area contributed by atoms with Crippen LogP contribution < -0.4 is 5.73 Å². The Hall–Kier alpha value is -2.38. The molecule has 8 heteroatoms. The van der Waals surface area contributed by atoms with E-state index in [1.54, 1.807) is 6.92 Å². The molecule has 4 nitrogen and oxygen atoms in total. The molecule has 2 N–H and O–H groups in total. The van der Waals surface area contributed by atoms with Crippen LogP contribution in [0.1, 0.15) is 16.8 Å². The molecule has 0 amide bonds. The van der Waals surface area contributed by atoms with Gasteiger partial charge in [0.25, 0.3) is 0 Å². The van der Waals surface area contributed by atoms with E-state index in [1.165, 1.54) is 10.9 Å². The van der Waals surface area contributed by atoms with E-state index in [0.717, 1.165) is 18.3 Å². The highest BCUT2D eigenvalue weighted by Crippen LogP contribution is 2.29. The zero-order chi connectivity index (χ0) is 14.9. The van der Waals surface area contributed by atoms with Crippen LogP contribution in [0.3, 0.4) is 0 Å². The molecule has 0 aliphatic heterocycles. The van der Waals surface area contributed by atoms with Crippen LogP contribution in [0.4, 0.5) is 23.5 Å². The van der Waals surface area contributed by atoms with Gasteiger partial charge in [0, 0.05) is 5.56 Å². The van der Waals surface area contributed by atoms with Gasteiger partial charge in [-0.3, -0.25) is 0 Å². The largest absolute Gasteiger partial charge is 0.416 e. The summed E-state index contributed by atoms with van der Waals surface area (Å²) in [5, 5.41) is 3.83. The fourth-order valence-corrected chi connectivity index (χ4v) is 1.53. The fourth-order valence-electron chi connectivity index (χ4n) is 1.53. The van der Waals surface area contributed by atoms with Crippen LogP contribution >= 0.6 is 0 Å². The van der Waals surface area contributed by atoms with Crippen molar-refractivity contribution < 1.29 is 17.6 Å². The number of alkyl halides is 3. The van der Waals surface area contributed by atoms with Crippen molar-refractivity contribution in [1.82, 2.24) is 9.66 Å². The third-order valence-corrected chi connectivity index (χ3v) is 2.48. The molecule has 0 aliphatic carbocycles. The lowest BCUT2D eigenvalue weighted by Gasteiger charge is -2.07. The van der Waals surface area contributed by atoms with Crippen molar-refractivity contribution in [2.24, 2.45) is 5.10 Å². The van der Waals surface area contributed by atoms with E-state index in [2.05, 4.69) is 10.1 Å². The zero-order valence-electron chi connectivity index (χ0n) is 10.3.